The summed E-state index contributed by atoms with van der Waals surface area (Å²) in [6, 6.07) is 7.15. The van der Waals surface area contributed by atoms with Gasteiger partial charge in [-0.2, -0.15) is 0 Å². The number of amides is 1. The summed E-state index contributed by atoms with van der Waals surface area (Å²) in [7, 11) is 0. The molecule has 0 fully saturated rings. The number of hydrogen-bond donors (Lipinski definition) is 1. The molecule has 0 radical (unpaired) electrons. The lowest BCUT2D eigenvalue weighted by Gasteiger charge is -2.30. The van der Waals surface area contributed by atoms with Gasteiger partial charge in [-0.1, -0.05) is 45.9 Å². The summed E-state index contributed by atoms with van der Waals surface area (Å²) < 4.78 is 5.71. The highest BCUT2D eigenvalue weighted by atomic mass is 16.5. The molecule has 0 aromatic heterocycles. The first-order chi connectivity index (χ1) is 9.77. The number of benzene rings is 1. The van der Waals surface area contributed by atoms with Gasteiger partial charge in [-0.05, 0) is 24.8 Å². The molecule has 0 unspecified atom stereocenters. The summed E-state index contributed by atoms with van der Waals surface area (Å²) in [5, 5.41) is 2.77. The summed E-state index contributed by atoms with van der Waals surface area (Å²) >= 11 is 0. The highest BCUT2D eigenvalue weighted by Crippen LogP contribution is 2.33. The van der Waals surface area contributed by atoms with Crippen LogP contribution in [0.25, 0.3) is 0 Å². The summed E-state index contributed by atoms with van der Waals surface area (Å²) in [6.07, 6.45) is -0.168. The lowest BCUT2D eigenvalue weighted by molar-refractivity contribution is -0.161. The van der Waals surface area contributed by atoms with Crippen molar-refractivity contribution in [3.63, 3.8) is 0 Å². The largest absolute Gasteiger partial charge is 0.460 e. The zero-order valence-corrected chi connectivity index (χ0v) is 13.3. The van der Waals surface area contributed by atoms with Gasteiger partial charge in [0.2, 0.25) is 0 Å². The molecule has 1 aromatic rings. The number of hydrogen-bond acceptors (Lipinski definition) is 3. The van der Waals surface area contributed by atoms with Crippen LogP contribution < -0.4 is 5.32 Å². The second-order valence-corrected chi connectivity index (χ2v) is 6.48. The third-order valence-electron chi connectivity index (χ3n) is 4.04. The molecule has 4 heteroatoms. The Morgan fingerprint density at radius 3 is 2.29 bits per heavy atom. The first kappa shape index (κ1) is 15.5. The fourth-order valence-corrected chi connectivity index (χ4v) is 2.92. The van der Waals surface area contributed by atoms with E-state index >= 15 is 0 Å². The molecule has 1 N–H and O–H groups in total. The van der Waals surface area contributed by atoms with Crippen LogP contribution in [0, 0.1) is 11.8 Å². The maximum atomic E-state index is 12.7. The van der Waals surface area contributed by atoms with Crippen LogP contribution in [-0.2, 0) is 15.1 Å². The van der Waals surface area contributed by atoms with E-state index in [1.807, 2.05) is 33.8 Å². The van der Waals surface area contributed by atoms with Gasteiger partial charge in [0.1, 0.15) is 6.10 Å². The molecule has 114 valence electrons. The molecule has 0 saturated heterocycles. The number of nitrogens with one attached hydrogen (secondary N) is 1. The third kappa shape index (κ3) is 2.67. The van der Waals surface area contributed by atoms with Gasteiger partial charge in [0.15, 0.2) is 5.54 Å². The molecular formula is C17H23NO3. The predicted molar refractivity (Wildman–Crippen MR) is 80.8 cm³/mol. The SMILES string of the molecule is CC(C)C(OC(=O)[C@@]1(C)NC(=O)c2ccccc21)C(C)C. The fourth-order valence-electron chi connectivity index (χ4n) is 2.92. The van der Waals surface area contributed by atoms with Gasteiger partial charge in [-0.3, -0.25) is 4.79 Å². The van der Waals surface area contributed by atoms with Crippen molar-refractivity contribution in [2.75, 3.05) is 0 Å². The van der Waals surface area contributed by atoms with Crippen LogP contribution in [0.15, 0.2) is 24.3 Å². The molecule has 2 rings (SSSR count). The van der Waals surface area contributed by atoms with Gasteiger partial charge in [0, 0.05) is 11.1 Å². The maximum absolute atomic E-state index is 12.7. The molecular weight excluding hydrogens is 266 g/mol. The van der Waals surface area contributed by atoms with E-state index in [4.69, 9.17) is 4.74 Å². The Morgan fingerprint density at radius 1 is 1.14 bits per heavy atom. The Morgan fingerprint density at radius 2 is 1.71 bits per heavy atom. The van der Waals surface area contributed by atoms with Crippen molar-refractivity contribution in [2.24, 2.45) is 11.8 Å². The molecule has 1 aromatic carbocycles. The number of ether oxygens (including phenoxy) is 1. The Labute approximate surface area is 125 Å². The summed E-state index contributed by atoms with van der Waals surface area (Å²) in [4.78, 5) is 24.7. The molecule has 0 aliphatic carbocycles. The van der Waals surface area contributed by atoms with Crippen LogP contribution in [0.3, 0.4) is 0 Å². The normalized spacial score (nSPS) is 20.9. The summed E-state index contributed by atoms with van der Waals surface area (Å²) in [6.45, 7) is 9.82. The molecule has 4 nitrogen and oxygen atoms in total. The van der Waals surface area contributed by atoms with E-state index in [1.54, 1.807) is 25.1 Å². The second kappa shape index (κ2) is 5.51. The molecule has 21 heavy (non-hydrogen) atoms. The van der Waals surface area contributed by atoms with Gasteiger partial charge in [-0.15, -0.1) is 0 Å². The lowest BCUT2D eigenvalue weighted by Crippen LogP contribution is -2.47. The smallest absolute Gasteiger partial charge is 0.336 e. The van der Waals surface area contributed by atoms with Crippen LogP contribution in [0.1, 0.15) is 50.5 Å². The number of fused-ring (bicyclic) bond motifs is 1. The van der Waals surface area contributed by atoms with Crippen molar-refractivity contribution < 1.29 is 14.3 Å². The Bertz CT molecular complexity index is 557. The van der Waals surface area contributed by atoms with Gasteiger partial charge >= 0.3 is 5.97 Å². The number of esters is 1. The summed E-state index contributed by atoms with van der Waals surface area (Å²) in [5.74, 6) is -0.168. The van der Waals surface area contributed by atoms with Crippen molar-refractivity contribution in [3.05, 3.63) is 35.4 Å². The minimum atomic E-state index is -1.10. The summed E-state index contributed by atoms with van der Waals surface area (Å²) in [5.41, 5.74) is 0.129. The van der Waals surface area contributed by atoms with Crippen molar-refractivity contribution >= 4 is 11.9 Å². The quantitative estimate of drug-likeness (QED) is 0.867. The zero-order valence-electron chi connectivity index (χ0n) is 13.3. The molecule has 0 bridgehead atoms. The van der Waals surface area contributed by atoms with Crippen LogP contribution in [0.4, 0.5) is 0 Å². The van der Waals surface area contributed by atoms with Crippen LogP contribution >= 0.6 is 0 Å². The van der Waals surface area contributed by atoms with Crippen LogP contribution in [-0.4, -0.2) is 18.0 Å². The molecule has 1 aliphatic rings. The van der Waals surface area contributed by atoms with Crippen LogP contribution in [0.2, 0.25) is 0 Å². The average Bonchev–Trinajstić information content (AvgIpc) is 2.69. The number of carbonyl (C=O) groups excluding carboxylic acids is 2. The standard InChI is InChI=1S/C17H23NO3/c1-10(2)14(11(3)4)21-16(20)17(5)13-9-7-6-8-12(13)15(19)18-17/h6-11,14H,1-5H3,(H,18,19)/t17-/m0/s1. The number of rotatable bonds is 4. The maximum Gasteiger partial charge on any atom is 0.336 e. The van der Waals surface area contributed by atoms with Gasteiger partial charge in [0.25, 0.3) is 5.91 Å². The van der Waals surface area contributed by atoms with E-state index in [2.05, 4.69) is 5.32 Å². The lowest BCUT2D eigenvalue weighted by atomic mass is 9.91. The zero-order chi connectivity index (χ0) is 15.8. The fraction of sp³-hybridized carbons (Fsp3) is 0.529. The molecule has 1 atom stereocenters. The number of carbonyl (C=O) groups is 2. The van der Waals surface area contributed by atoms with E-state index < -0.39 is 11.5 Å². The minimum Gasteiger partial charge on any atom is -0.460 e. The Hall–Kier alpha value is -1.84. The van der Waals surface area contributed by atoms with Gasteiger partial charge in [-0.25, -0.2) is 4.79 Å². The molecule has 1 amide bonds. The molecule has 1 heterocycles. The van der Waals surface area contributed by atoms with E-state index in [0.29, 0.717) is 11.1 Å². The van der Waals surface area contributed by atoms with Crippen molar-refractivity contribution in [1.82, 2.24) is 5.32 Å². The highest BCUT2D eigenvalue weighted by Gasteiger charge is 2.47. The van der Waals surface area contributed by atoms with Crippen LogP contribution in [0.5, 0.6) is 0 Å². The van der Waals surface area contributed by atoms with Crippen molar-refractivity contribution in [2.45, 2.75) is 46.3 Å². The van der Waals surface area contributed by atoms with Crippen molar-refractivity contribution in [3.8, 4) is 0 Å². The monoisotopic (exact) mass is 289 g/mol. The van der Waals surface area contributed by atoms with Gasteiger partial charge in [0.05, 0.1) is 0 Å². The Balaban J connectivity index is 2.29. The highest BCUT2D eigenvalue weighted by molar-refractivity contribution is 6.05. The Kier molecular flexibility index (Phi) is 4.08. The van der Waals surface area contributed by atoms with E-state index in [-0.39, 0.29) is 23.8 Å². The van der Waals surface area contributed by atoms with Crippen molar-refractivity contribution in [1.29, 1.82) is 0 Å². The minimum absolute atomic E-state index is 0.168. The molecule has 0 spiro atoms. The molecule has 0 saturated carbocycles. The topological polar surface area (TPSA) is 55.4 Å². The first-order valence-electron chi connectivity index (χ1n) is 7.40. The van der Waals surface area contributed by atoms with E-state index in [1.165, 1.54) is 0 Å². The third-order valence-corrected chi connectivity index (χ3v) is 4.04. The van der Waals surface area contributed by atoms with E-state index in [9.17, 15) is 9.59 Å². The van der Waals surface area contributed by atoms with E-state index in [0.717, 1.165) is 0 Å². The van der Waals surface area contributed by atoms with Gasteiger partial charge < -0.3 is 10.1 Å². The second-order valence-electron chi connectivity index (χ2n) is 6.48. The first-order valence-corrected chi connectivity index (χ1v) is 7.40. The molecule has 1 aliphatic heterocycles. The average molecular weight is 289 g/mol. The predicted octanol–water partition coefficient (Wildman–Crippen LogP) is 2.87.